The van der Waals surface area contributed by atoms with Crippen LogP contribution in [-0.2, 0) is 0 Å². The lowest BCUT2D eigenvalue weighted by atomic mass is 10.2. The Hall–Kier alpha value is -1.92. The second-order valence-electron chi connectivity index (χ2n) is 4.03. The van der Waals surface area contributed by atoms with E-state index in [9.17, 15) is 18.0 Å². The fraction of sp³-hybridized carbons (Fsp3) is 0.364. The van der Waals surface area contributed by atoms with Gasteiger partial charge < -0.3 is 10.6 Å². The number of halogens is 3. The van der Waals surface area contributed by atoms with Crippen LogP contribution in [0, 0.1) is 0 Å². The van der Waals surface area contributed by atoms with Crippen molar-refractivity contribution in [3.05, 3.63) is 24.3 Å². The number of carbonyl (C=O) groups excluding carboxylic acids is 1. The summed E-state index contributed by atoms with van der Waals surface area (Å²) in [7, 11) is 0. The van der Waals surface area contributed by atoms with Gasteiger partial charge in [0.15, 0.2) is 0 Å². The van der Waals surface area contributed by atoms with E-state index in [4.69, 9.17) is 5.73 Å². The number of nitrogen functional groups attached to an aromatic ring is 1. The first kappa shape index (κ1) is 12.5. The van der Waals surface area contributed by atoms with Crippen LogP contribution in [0.25, 0.3) is 0 Å². The van der Waals surface area contributed by atoms with Gasteiger partial charge in [-0.2, -0.15) is 13.2 Å². The SMILES string of the molecule is Nc1ccccc1N1CCN(CC(F)(F)F)C1=O. The van der Waals surface area contributed by atoms with E-state index >= 15 is 0 Å². The minimum absolute atomic E-state index is 0.0483. The van der Waals surface area contributed by atoms with Crippen molar-refractivity contribution in [2.45, 2.75) is 6.18 Å². The highest BCUT2D eigenvalue weighted by Gasteiger charge is 2.38. The zero-order chi connectivity index (χ0) is 13.3. The van der Waals surface area contributed by atoms with Crippen molar-refractivity contribution in [2.24, 2.45) is 0 Å². The molecule has 0 bridgehead atoms. The van der Waals surface area contributed by atoms with E-state index in [-0.39, 0.29) is 13.1 Å². The molecule has 98 valence electrons. The summed E-state index contributed by atoms with van der Waals surface area (Å²) in [4.78, 5) is 13.9. The minimum Gasteiger partial charge on any atom is -0.397 e. The van der Waals surface area contributed by atoms with Crippen LogP contribution >= 0.6 is 0 Å². The number of urea groups is 1. The number of hydrogen-bond acceptors (Lipinski definition) is 2. The van der Waals surface area contributed by atoms with Gasteiger partial charge in [-0.1, -0.05) is 12.1 Å². The van der Waals surface area contributed by atoms with Gasteiger partial charge in [0.1, 0.15) is 6.54 Å². The maximum atomic E-state index is 12.3. The Morgan fingerprint density at radius 1 is 1.22 bits per heavy atom. The first-order chi connectivity index (χ1) is 8.38. The second kappa shape index (κ2) is 4.40. The van der Waals surface area contributed by atoms with Gasteiger partial charge >= 0.3 is 12.2 Å². The third-order valence-electron chi connectivity index (χ3n) is 2.69. The molecule has 0 atom stereocenters. The number of para-hydroxylation sites is 2. The lowest BCUT2D eigenvalue weighted by molar-refractivity contribution is -0.138. The van der Waals surface area contributed by atoms with Crippen LogP contribution < -0.4 is 10.6 Å². The zero-order valence-corrected chi connectivity index (χ0v) is 9.44. The monoisotopic (exact) mass is 259 g/mol. The molecule has 1 heterocycles. The van der Waals surface area contributed by atoms with Crippen molar-refractivity contribution in [2.75, 3.05) is 30.3 Å². The van der Waals surface area contributed by atoms with Gasteiger partial charge in [0.05, 0.1) is 11.4 Å². The molecular formula is C11H12F3N3O. The normalized spacial score (nSPS) is 16.5. The molecule has 0 aromatic heterocycles. The lowest BCUT2D eigenvalue weighted by Gasteiger charge is -2.20. The lowest BCUT2D eigenvalue weighted by Crippen LogP contribution is -2.38. The molecular weight excluding hydrogens is 247 g/mol. The Morgan fingerprint density at radius 2 is 1.89 bits per heavy atom. The number of carbonyl (C=O) groups is 1. The number of nitrogens with zero attached hydrogens (tertiary/aromatic N) is 2. The number of alkyl halides is 3. The molecule has 1 fully saturated rings. The standard InChI is InChI=1S/C11H12F3N3O/c12-11(13,14)7-16-5-6-17(10(16)18)9-4-2-1-3-8(9)15/h1-4H,5-7,15H2. The molecule has 0 unspecified atom stereocenters. The third-order valence-corrected chi connectivity index (χ3v) is 2.69. The van der Waals surface area contributed by atoms with Gasteiger partial charge in [-0.15, -0.1) is 0 Å². The molecule has 1 aliphatic heterocycles. The van der Waals surface area contributed by atoms with Gasteiger partial charge in [0.25, 0.3) is 0 Å². The Labute approximate surface area is 102 Å². The summed E-state index contributed by atoms with van der Waals surface area (Å²) in [5.41, 5.74) is 6.53. The van der Waals surface area contributed by atoms with E-state index in [0.717, 1.165) is 4.90 Å². The van der Waals surface area contributed by atoms with Crippen LogP contribution in [-0.4, -0.2) is 36.7 Å². The van der Waals surface area contributed by atoms with E-state index in [1.54, 1.807) is 24.3 Å². The minimum atomic E-state index is -4.38. The van der Waals surface area contributed by atoms with E-state index in [2.05, 4.69) is 0 Å². The van der Waals surface area contributed by atoms with E-state index in [1.165, 1.54) is 4.90 Å². The average molecular weight is 259 g/mol. The number of anilines is 2. The maximum absolute atomic E-state index is 12.3. The summed E-state index contributed by atoms with van der Waals surface area (Å²) in [6, 6.07) is 5.95. The van der Waals surface area contributed by atoms with Crippen molar-refractivity contribution in [1.82, 2.24) is 4.90 Å². The molecule has 1 saturated heterocycles. The highest BCUT2D eigenvalue weighted by atomic mass is 19.4. The molecule has 2 N–H and O–H groups in total. The summed E-state index contributed by atoms with van der Waals surface area (Å²) in [6.07, 6.45) is -4.38. The summed E-state index contributed by atoms with van der Waals surface area (Å²) < 4.78 is 36.8. The summed E-state index contributed by atoms with van der Waals surface area (Å²) in [6.45, 7) is -0.967. The molecule has 0 spiro atoms. The third kappa shape index (κ3) is 2.49. The number of hydrogen-bond donors (Lipinski definition) is 1. The van der Waals surface area contributed by atoms with Gasteiger partial charge in [0.2, 0.25) is 0 Å². The molecule has 1 aromatic rings. The van der Waals surface area contributed by atoms with Crippen LogP contribution in [0.2, 0.25) is 0 Å². The van der Waals surface area contributed by atoms with Crippen LogP contribution in [0.4, 0.5) is 29.3 Å². The first-order valence-corrected chi connectivity index (χ1v) is 5.36. The van der Waals surface area contributed by atoms with Crippen LogP contribution in [0.15, 0.2) is 24.3 Å². The molecule has 0 radical (unpaired) electrons. The Balaban J connectivity index is 2.15. The summed E-state index contributed by atoms with van der Waals surface area (Å²) in [5, 5.41) is 0. The van der Waals surface area contributed by atoms with Crippen molar-refractivity contribution in [3.63, 3.8) is 0 Å². The zero-order valence-electron chi connectivity index (χ0n) is 9.44. The molecule has 2 rings (SSSR count). The number of nitrogens with two attached hydrogens (primary N) is 1. The topological polar surface area (TPSA) is 49.6 Å². The van der Waals surface area contributed by atoms with Crippen molar-refractivity contribution in [3.8, 4) is 0 Å². The molecule has 2 amide bonds. The molecule has 0 saturated carbocycles. The number of rotatable bonds is 2. The predicted octanol–water partition coefficient (Wildman–Crippen LogP) is 2.07. The molecule has 1 aliphatic rings. The van der Waals surface area contributed by atoms with Crippen LogP contribution in [0.1, 0.15) is 0 Å². The van der Waals surface area contributed by atoms with Gasteiger partial charge in [0, 0.05) is 13.1 Å². The Kier molecular flexibility index (Phi) is 3.06. The van der Waals surface area contributed by atoms with Crippen molar-refractivity contribution >= 4 is 17.4 Å². The fourth-order valence-electron chi connectivity index (χ4n) is 1.90. The smallest absolute Gasteiger partial charge is 0.397 e. The van der Waals surface area contributed by atoms with E-state index < -0.39 is 18.8 Å². The summed E-state index contributed by atoms with van der Waals surface area (Å²) >= 11 is 0. The summed E-state index contributed by atoms with van der Waals surface area (Å²) in [5.74, 6) is 0. The second-order valence-corrected chi connectivity index (χ2v) is 4.03. The van der Waals surface area contributed by atoms with Gasteiger partial charge in [-0.25, -0.2) is 4.79 Å². The van der Waals surface area contributed by atoms with Crippen molar-refractivity contribution < 1.29 is 18.0 Å². The molecule has 1 aromatic carbocycles. The van der Waals surface area contributed by atoms with E-state index in [0.29, 0.717) is 11.4 Å². The Morgan fingerprint density at radius 3 is 2.50 bits per heavy atom. The van der Waals surface area contributed by atoms with Crippen molar-refractivity contribution in [1.29, 1.82) is 0 Å². The highest BCUT2D eigenvalue weighted by Crippen LogP contribution is 2.27. The predicted molar refractivity (Wildman–Crippen MR) is 61.2 cm³/mol. The maximum Gasteiger partial charge on any atom is 0.406 e. The molecule has 4 nitrogen and oxygen atoms in total. The van der Waals surface area contributed by atoms with Gasteiger partial charge in [-0.3, -0.25) is 4.90 Å². The molecule has 7 heteroatoms. The quantitative estimate of drug-likeness (QED) is 0.826. The number of benzene rings is 1. The highest BCUT2D eigenvalue weighted by molar-refractivity contribution is 5.97. The van der Waals surface area contributed by atoms with Crippen LogP contribution in [0.5, 0.6) is 0 Å². The van der Waals surface area contributed by atoms with E-state index in [1.807, 2.05) is 0 Å². The molecule has 18 heavy (non-hydrogen) atoms. The first-order valence-electron chi connectivity index (χ1n) is 5.36. The fourth-order valence-corrected chi connectivity index (χ4v) is 1.90. The average Bonchev–Trinajstić information content (AvgIpc) is 2.59. The largest absolute Gasteiger partial charge is 0.406 e. The van der Waals surface area contributed by atoms with Crippen LogP contribution in [0.3, 0.4) is 0 Å². The number of amides is 2. The van der Waals surface area contributed by atoms with Gasteiger partial charge in [-0.05, 0) is 12.1 Å². The molecule has 0 aliphatic carbocycles. The Bertz CT molecular complexity index is 461.